The van der Waals surface area contributed by atoms with Crippen LogP contribution < -0.4 is 4.74 Å². The van der Waals surface area contributed by atoms with E-state index in [-0.39, 0.29) is 5.75 Å². The van der Waals surface area contributed by atoms with Gasteiger partial charge in [-0.1, -0.05) is 6.07 Å². The minimum absolute atomic E-state index is 0.194. The molecule has 100 valence electrons. The third-order valence-corrected chi connectivity index (χ3v) is 3.21. The Morgan fingerprint density at radius 3 is 2.74 bits per heavy atom. The minimum Gasteiger partial charge on any atom is -0.494 e. The van der Waals surface area contributed by atoms with E-state index in [0.29, 0.717) is 17.7 Å². The van der Waals surface area contributed by atoms with Gasteiger partial charge in [-0.2, -0.15) is 0 Å². The first-order valence-corrected chi connectivity index (χ1v) is 6.51. The number of nitrogens with zero attached hydrogens (tertiary/aromatic N) is 1. The summed E-state index contributed by atoms with van der Waals surface area (Å²) in [5.74, 6) is -0.240. The zero-order chi connectivity index (χ0) is 13.8. The summed E-state index contributed by atoms with van der Waals surface area (Å²) in [6.07, 6.45) is 1.16. The molecule has 2 rings (SSSR count). The molecule has 1 atom stereocenters. The van der Waals surface area contributed by atoms with Gasteiger partial charge < -0.3 is 9.84 Å². The number of benzene rings is 1. The Bertz CT molecular complexity index is 560. The van der Waals surface area contributed by atoms with E-state index in [1.807, 2.05) is 0 Å². The van der Waals surface area contributed by atoms with Crippen LogP contribution in [0.5, 0.6) is 5.75 Å². The fourth-order valence-electron chi connectivity index (χ4n) is 1.75. The maximum Gasteiger partial charge on any atom is 0.165 e. The van der Waals surface area contributed by atoms with Gasteiger partial charge in [0.2, 0.25) is 0 Å². The summed E-state index contributed by atoms with van der Waals surface area (Å²) in [7, 11) is 1.42. The van der Waals surface area contributed by atoms with Crippen LogP contribution in [0.3, 0.4) is 0 Å². The fraction of sp³-hybridized carbons (Fsp3) is 0.214. The van der Waals surface area contributed by atoms with Crippen molar-refractivity contribution in [2.75, 3.05) is 7.11 Å². The molecule has 0 saturated heterocycles. The molecular weight excluding hydrogens is 313 g/mol. The Labute approximate surface area is 119 Å². The van der Waals surface area contributed by atoms with Crippen LogP contribution in [-0.4, -0.2) is 17.2 Å². The number of aromatic nitrogens is 1. The number of halogens is 2. The van der Waals surface area contributed by atoms with Crippen molar-refractivity contribution < 1.29 is 14.2 Å². The predicted octanol–water partition coefficient (Wildman–Crippen LogP) is 3.27. The molecule has 1 heterocycles. The first-order valence-electron chi connectivity index (χ1n) is 5.72. The number of hydrogen-bond acceptors (Lipinski definition) is 3. The third kappa shape index (κ3) is 3.52. The van der Waals surface area contributed by atoms with Crippen molar-refractivity contribution in [1.29, 1.82) is 0 Å². The van der Waals surface area contributed by atoms with E-state index in [1.54, 1.807) is 30.5 Å². The van der Waals surface area contributed by atoms with Crippen LogP contribution in [0.4, 0.5) is 4.39 Å². The third-order valence-electron chi connectivity index (χ3n) is 2.74. The molecule has 0 radical (unpaired) electrons. The van der Waals surface area contributed by atoms with Gasteiger partial charge in [0.1, 0.15) is 0 Å². The number of aliphatic hydroxyl groups is 1. The first-order chi connectivity index (χ1) is 9.10. The van der Waals surface area contributed by atoms with Gasteiger partial charge in [-0.15, -0.1) is 0 Å². The molecule has 0 amide bonds. The molecule has 3 nitrogen and oxygen atoms in total. The lowest BCUT2D eigenvalue weighted by Gasteiger charge is -2.11. The SMILES string of the molecule is COc1ccc(CC(O)c2ccc(Br)cn2)cc1F. The Morgan fingerprint density at radius 1 is 1.37 bits per heavy atom. The van der Waals surface area contributed by atoms with E-state index in [0.717, 1.165) is 4.47 Å². The number of pyridine rings is 1. The van der Waals surface area contributed by atoms with Crippen LogP contribution >= 0.6 is 15.9 Å². The molecule has 1 aromatic heterocycles. The molecule has 1 N–H and O–H groups in total. The van der Waals surface area contributed by atoms with E-state index in [9.17, 15) is 9.50 Å². The van der Waals surface area contributed by atoms with Crippen LogP contribution in [0.15, 0.2) is 41.0 Å². The lowest BCUT2D eigenvalue weighted by Crippen LogP contribution is -2.04. The lowest BCUT2D eigenvalue weighted by molar-refractivity contribution is 0.173. The number of rotatable bonds is 4. The van der Waals surface area contributed by atoms with Crippen LogP contribution in [0.2, 0.25) is 0 Å². The standard InChI is InChI=1S/C14H13BrFNO2/c1-19-14-5-2-9(6-11(14)16)7-13(18)12-4-3-10(15)8-17-12/h2-6,8,13,18H,7H2,1H3. The molecule has 5 heteroatoms. The van der Waals surface area contributed by atoms with Gasteiger partial charge in [0, 0.05) is 17.1 Å². The molecule has 0 saturated carbocycles. The van der Waals surface area contributed by atoms with Crippen LogP contribution in [-0.2, 0) is 6.42 Å². The van der Waals surface area contributed by atoms with Crippen LogP contribution in [0.25, 0.3) is 0 Å². The maximum absolute atomic E-state index is 13.5. The molecule has 0 bridgehead atoms. The normalized spacial score (nSPS) is 12.2. The molecule has 19 heavy (non-hydrogen) atoms. The molecule has 0 aliphatic rings. The second-order valence-electron chi connectivity index (χ2n) is 4.09. The predicted molar refractivity (Wildman–Crippen MR) is 73.6 cm³/mol. The summed E-state index contributed by atoms with van der Waals surface area (Å²) >= 11 is 3.28. The Kier molecular flexibility index (Phi) is 4.50. The highest BCUT2D eigenvalue weighted by molar-refractivity contribution is 9.10. The summed E-state index contributed by atoms with van der Waals surface area (Å²) < 4.78 is 19.2. The number of aliphatic hydroxyl groups excluding tert-OH is 1. The summed E-state index contributed by atoms with van der Waals surface area (Å²) in [5.41, 5.74) is 1.25. The largest absolute Gasteiger partial charge is 0.494 e. The smallest absolute Gasteiger partial charge is 0.165 e. The molecule has 0 aliphatic carbocycles. The highest BCUT2D eigenvalue weighted by Gasteiger charge is 2.12. The topological polar surface area (TPSA) is 42.4 Å². The van der Waals surface area contributed by atoms with Crippen LogP contribution in [0, 0.1) is 5.82 Å². The average molecular weight is 326 g/mol. The Morgan fingerprint density at radius 2 is 2.16 bits per heavy atom. The van der Waals surface area contributed by atoms with E-state index >= 15 is 0 Å². The summed E-state index contributed by atoms with van der Waals surface area (Å²) in [6.45, 7) is 0. The molecule has 1 aromatic carbocycles. The van der Waals surface area contributed by atoms with Crippen molar-refractivity contribution in [1.82, 2.24) is 4.98 Å². The van der Waals surface area contributed by atoms with Crippen molar-refractivity contribution in [3.8, 4) is 5.75 Å². The average Bonchev–Trinajstić information content (AvgIpc) is 2.39. The van der Waals surface area contributed by atoms with E-state index in [2.05, 4.69) is 20.9 Å². The Balaban J connectivity index is 2.12. The van der Waals surface area contributed by atoms with Crippen molar-refractivity contribution in [2.24, 2.45) is 0 Å². The highest BCUT2D eigenvalue weighted by Crippen LogP contribution is 2.22. The van der Waals surface area contributed by atoms with Gasteiger partial charge in [-0.05, 0) is 45.8 Å². The van der Waals surface area contributed by atoms with Crippen molar-refractivity contribution >= 4 is 15.9 Å². The van der Waals surface area contributed by atoms with Gasteiger partial charge >= 0.3 is 0 Å². The van der Waals surface area contributed by atoms with E-state index in [4.69, 9.17) is 4.74 Å². The fourth-order valence-corrected chi connectivity index (χ4v) is 1.98. The lowest BCUT2D eigenvalue weighted by atomic mass is 10.0. The molecule has 0 aliphatic heterocycles. The molecule has 0 spiro atoms. The van der Waals surface area contributed by atoms with Gasteiger partial charge in [-0.3, -0.25) is 4.98 Å². The zero-order valence-electron chi connectivity index (χ0n) is 10.3. The highest BCUT2D eigenvalue weighted by atomic mass is 79.9. The summed E-state index contributed by atoms with van der Waals surface area (Å²) in [4.78, 5) is 4.12. The molecule has 1 unspecified atom stereocenters. The van der Waals surface area contributed by atoms with Crippen LogP contribution in [0.1, 0.15) is 17.4 Å². The molecule has 2 aromatic rings. The number of hydrogen-bond donors (Lipinski definition) is 1. The van der Waals surface area contributed by atoms with Crippen molar-refractivity contribution in [2.45, 2.75) is 12.5 Å². The van der Waals surface area contributed by atoms with E-state index in [1.165, 1.54) is 13.2 Å². The quantitative estimate of drug-likeness (QED) is 0.938. The molecular formula is C14H13BrFNO2. The number of ether oxygens (including phenoxy) is 1. The maximum atomic E-state index is 13.5. The second-order valence-corrected chi connectivity index (χ2v) is 5.01. The van der Waals surface area contributed by atoms with Gasteiger partial charge in [0.25, 0.3) is 0 Å². The second kappa shape index (κ2) is 6.12. The van der Waals surface area contributed by atoms with Gasteiger partial charge in [-0.25, -0.2) is 4.39 Å². The summed E-state index contributed by atoms with van der Waals surface area (Å²) in [5, 5.41) is 10.1. The summed E-state index contributed by atoms with van der Waals surface area (Å²) in [6, 6.07) is 8.17. The van der Waals surface area contributed by atoms with Crippen molar-refractivity contribution in [3.05, 3.63) is 58.1 Å². The Hall–Kier alpha value is -1.46. The van der Waals surface area contributed by atoms with Gasteiger partial charge in [0.15, 0.2) is 11.6 Å². The first kappa shape index (κ1) is 14.0. The van der Waals surface area contributed by atoms with Gasteiger partial charge in [0.05, 0.1) is 18.9 Å². The van der Waals surface area contributed by atoms with Crippen molar-refractivity contribution in [3.63, 3.8) is 0 Å². The monoisotopic (exact) mass is 325 g/mol. The molecule has 0 fully saturated rings. The van der Waals surface area contributed by atoms with E-state index < -0.39 is 11.9 Å². The zero-order valence-corrected chi connectivity index (χ0v) is 11.9. The number of methoxy groups -OCH3 is 1. The minimum atomic E-state index is -0.763.